The number of nitrogens with zero attached hydrogens (tertiary/aromatic N) is 1. The zero-order valence-corrected chi connectivity index (χ0v) is 15.2. The van der Waals surface area contributed by atoms with Gasteiger partial charge in [0.1, 0.15) is 6.04 Å². The van der Waals surface area contributed by atoms with Crippen molar-refractivity contribution in [2.75, 3.05) is 26.3 Å². The maximum absolute atomic E-state index is 12.7. The third-order valence-corrected chi connectivity index (χ3v) is 5.04. The van der Waals surface area contributed by atoms with Crippen molar-refractivity contribution in [3.8, 4) is 0 Å². The molecule has 3 rings (SSSR count). The minimum absolute atomic E-state index is 0.0547. The molecule has 2 atom stereocenters. The molecule has 0 bridgehead atoms. The molecule has 2 unspecified atom stereocenters. The summed E-state index contributed by atoms with van der Waals surface area (Å²) < 4.78 is 5.31. The van der Waals surface area contributed by atoms with Gasteiger partial charge in [-0.05, 0) is 31.4 Å². The fourth-order valence-corrected chi connectivity index (χ4v) is 3.58. The van der Waals surface area contributed by atoms with Crippen LogP contribution >= 0.6 is 0 Å². The van der Waals surface area contributed by atoms with Gasteiger partial charge in [0, 0.05) is 37.4 Å². The van der Waals surface area contributed by atoms with Gasteiger partial charge in [-0.1, -0.05) is 18.2 Å². The van der Waals surface area contributed by atoms with E-state index in [-0.39, 0.29) is 42.9 Å². The number of hydrogen-bond acceptors (Lipinski definition) is 5. The summed E-state index contributed by atoms with van der Waals surface area (Å²) in [5.41, 5.74) is 6.06. The Morgan fingerprint density at radius 3 is 2.44 bits per heavy atom. The fourth-order valence-electron chi connectivity index (χ4n) is 3.58. The lowest BCUT2D eigenvalue weighted by molar-refractivity contribution is -0.138. The van der Waals surface area contributed by atoms with Gasteiger partial charge in [0.05, 0.1) is 6.54 Å². The number of benzene rings is 1. The monoisotopic (exact) mass is 374 g/mol. The van der Waals surface area contributed by atoms with Crippen molar-refractivity contribution >= 4 is 17.7 Å². The van der Waals surface area contributed by atoms with Crippen molar-refractivity contribution in [1.82, 2.24) is 15.5 Å². The first-order chi connectivity index (χ1) is 13.1. The van der Waals surface area contributed by atoms with Gasteiger partial charge in [0.25, 0.3) is 5.91 Å². The minimum atomic E-state index is -0.620. The number of amides is 3. The van der Waals surface area contributed by atoms with Crippen molar-refractivity contribution in [2.45, 2.75) is 37.4 Å². The van der Waals surface area contributed by atoms with Crippen LogP contribution in [0, 0.1) is 0 Å². The summed E-state index contributed by atoms with van der Waals surface area (Å²) in [7, 11) is 0. The lowest BCUT2D eigenvalue weighted by Crippen LogP contribution is -2.51. The molecular formula is C19H26N4O4. The molecule has 2 fully saturated rings. The molecule has 2 aliphatic heterocycles. The Morgan fingerprint density at radius 1 is 1.07 bits per heavy atom. The first kappa shape index (κ1) is 19.3. The number of nitrogens with one attached hydrogen (secondary N) is 2. The molecule has 1 aromatic rings. The molecule has 1 aromatic carbocycles. The summed E-state index contributed by atoms with van der Waals surface area (Å²) in [5, 5.41) is 5.93. The fraction of sp³-hybridized carbons (Fsp3) is 0.526. The van der Waals surface area contributed by atoms with Crippen LogP contribution in [0.1, 0.15) is 29.6 Å². The lowest BCUT2D eigenvalue weighted by Gasteiger charge is -2.28. The summed E-state index contributed by atoms with van der Waals surface area (Å²) in [6.07, 6.45) is 1.90. The van der Waals surface area contributed by atoms with Crippen LogP contribution in [0.25, 0.3) is 0 Å². The van der Waals surface area contributed by atoms with Crippen molar-refractivity contribution < 1.29 is 19.1 Å². The molecule has 146 valence electrons. The molecule has 0 spiro atoms. The number of carbonyl (C=O) groups is 3. The Kier molecular flexibility index (Phi) is 6.41. The van der Waals surface area contributed by atoms with Crippen LogP contribution in [0.4, 0.5) is 0 Å². The molecule has 2 heterocycles. The molecule has 2 saturated heterocycles. The lowest BCUT2D eigenvalue weighted by atomic mass is 10.1. The smallest absolute Gasteiger partial charge is 0.251 e. The van der Waals surface area contributed by atoms with Crippen LogP contribution in [0.2, 0.25) is 0 Å². The Balaban J connectivity index is 1.64. The Bertz CT molecular complexity index is 676. The first-order valence-electron chi connectivity index (χ1n) is 9.32. The van der Waals surface area contributed by atoms with Crippen molar-refractivity contribution in [3.05, 3.63) is 35.9 Å². The molecule has 8 heteroatoms. The minimum Gasteiger partial charge on any atom is -0.381 e. The third-order valence-electron chi connectivity index (χ3n) is 5.04. The van der Waals surface area contributed by atoms with Crippen LogP contribution in [0.3, 0.4) is 0 Å². The molecular weight excluding hydrogens is 348 g/mol. The van der Waals surface area contributed by atoms with Gasteiger partial charge in [-0.2, -0.15) is 0 Å². The highest BCUT2D eigenvalue weighted by Crippen LogP contribution is 2.20. The largest absolute Gasteiger partial charge is 0.381 e. The summed E-state index contributed by atoms with van der Waals surface area (Å²) in [5.74, 6) is -0.704. The number of hydrogen-bond donors (Lipinski definition) is 3. The number of ether oxygens (including phenoxy) is 1. The summed E-state index contributed by atoms with van der Waals surface area (Å²) >= 11 is 0. The van der Waals surface area contributed by atoms with Crippen LogP contribution in [-0.4, -0.2) is 67.1 Å². The van der Waals surface area contributed by atoms with E-state index in [0.717, 1.165) is 12.8 Å². The highest BCUT2D eigenvalue weighted by Gasteiger charge is 2.40. The second-order valence-electron chi connectivity index (χ2n) is 6.93. The van der Waals surface area contributed by atoms with Gasteiger partial charge < -0.3 is 26.0 Å². The summed E-state index contributed by atoms with van der Waals surface area (Å²) in [6.45, 7) is 1.36. The van der Waals surface area contributed by atoms with E-state index in [4.69, 9.17) is 10.5 Å². The quantitative estimate of drug-likeness (QED) is 0.651. The van der Waals surface area contributed by atoms with Gasteiger partial charge >= 0.3 is 0 Å². The predicted octanol–water partition coefficient (Wildman–Crippen LogP) is -0.360. The molecule has 4 N–H and O–H groups in total. The summed E-state index contributed by atoms with van der Waals surface area (Å²) in [4.78, 5) is 38.8. The normalized spacial score (nSPS) is 23.1. The van der Waals surface area contributed by atoms with Crippen molar-refractivity contribution in [1.29, 1.82) is 0 Å². The van der Waals surface area contributed by atoms with E-state index in [1.807, 2.05) is 6.07 Å². The number of carbonyl (C=O) groups excluding carboxylic acids is 3. The van der Waals surface area contributed by atoms with Crippen LogP contribution < -0.4 is 16.4 Å². The zero-order valence-electron chi connectivity index (χ0n) is 15.2. The van der Waals surface area contributed by atoms with Crippen LogP contribution in [0.5, 0.6) is 0 Å². The predicted molar refractivity (Wildman–Crippen MR) is 98.9 cm³/mol. The SMILES string of the molecule is NCC(=O)N1CC(NC(=O)c2ccccc2)CC1C(=O)NC1CCOCC1. The van der Waals surface area contributed by atoms with E-state index >= 15 is 0 Å². The van der Waals surface area contributed by atoms with Crippen LogP contribution in [0.15, 0.2) is 30.3 Å². The van der Waals surface area contributed by atoms with Gasteiger partial charge in [-0.25, -0.2) is 0 Å². The molecule has 2 aliphatic rings. The highest BCUT2D eigenvalue weighted by molar-refractivity contribution is 5.95. The van der Waals surface area contributed by atoms with E-state index in [0.29, 0.717) is 25.2 Å². The molecule has 0 saturated carbocycles. The van der Waals surface area contributed by atoms with Gasteiger partial charge in [-0.15, -0.1) is 0 Å². The molecule has 0 aliphatic carbocycles. The number of rotatable bonds is 5. The van der Waals surface area contributed by atoms with E-state index in [9.17, 15) is 14.4 Å². The molecule has 0 aromatic heterocycles. The van der Waals surface area contributed by atoms with Gasteiger partial charge in [0.2, 0.25) is 11.8 Å². The highest BCUT2D eigenvalue weighted by atomic mass is 16.5. The average molecular weight is 374 g/mol. The number of nitrogens with two attached hydrogens (primary N) is 1. The van der Waals surface area contributed by atoms with E-state index in [1.165, 1.54) is 4.90 Å². The standard InChI is InChI=1S/C19H26N4O4/c20-11-17(24)23-12-15(22-18(25)13-4-2-1-3-5-13)10-16(23)19(26)21-14-6-8-27-9-7-14/h1-5,14-16H,6-12,20H2,(H,21,26)(H,22,25). The van der Waals surface area contributed by atoms with Gasteiger partial charge in [-0.3, -0.25) is 14.4 Å². The van der Waals surface area contributed by atoms with Gasteiger partial charge in [0.15, 0.2) is 0 Å². The molecule has 3 amide bonds. The Labute approximate surface area is 158 Å². The van der Waals surface area contributed by atoms with E-state index in [2.05, 4.69) is 10.6 Å². The Hall–Kier alpha value is -2.45. The van der Waals surface area contributed by atoms with E-state index in [1.54, 1.807) is 24.3 Å². The second-order valence-corrected chi connectivity index (χ2v) is 6.93. The second kappa shape index (κ2) is 8.96. The maximum Gasteiger partial charge on any atom is 0.251 e. The Morgan fingerprint density at radius 2 is 1.78 bits per heavy atom. The zero-order chi connectivity index (χ0) is 19.2. The topological polar surface area (TPSA) is 114 Å². The van der Waals surface area contributed by atoms with Crippen molar-refractivity contribution in [2.24, 2.45) is 5.73 Å². The van der Waals surface area contributed by atoms with Crippen molar-refractivity contribution in [3.63, 3.8) is 0 Å². The molecule has 0 radical (unpaired) electrons. The van der Waals surface area contributed by atoms with Crippen LogP contribution in [-0.2, 0) is 14.3 Å². The first-order valence-corrected chi connectivity index (χ1v) is 9.32. The maximum atomic E-state index is 12.7. The van der Waals surface area contributed by atoms with E-state index < -0.39 is 6.04 Å². The molecule has 27 heavy (non-hydrogen) atoms. The third kappa shape index (κ3) is 4.84. The molecule has 8 nitrogen and oxygen atoms in total. The average Bonchev–Trinajstić information content (AvgIpc) is 3.12. The summed E-state index contributed by atoms with van der Waals surface area (Å²) in [6, 6.07) is 8.01. The number of likely N-dealkylation sites (tertiary alicyclic amines) is 1.